The van der Waals surface area contributed by atoms with Gasteiger partial charge in [0.1, 0.15) is 6.04 Å². The monoisotopic (exact) mass is 393 g/mol. The SMILES string of the molecule is O=C(NC(CC1CCCc2ccccc21)C(=O)O)c1cccc(C2CCOC2)c1. The minimum Gasteiger partial charge on any atom is -0.480 e. The number of ether oxygens (including phenoxy) is 1. The number of carbonyl (C=O) groups is 2. The lowest BCUT2D eigenvalue weighted by Crippen LogP contribution is -2.42. The Hall–Kier alpha value is -2.66. The molecular weight excluding hydrogens is 366 g/mol. The number of aliphatic carboxylic acids is 1. The van der Waals surface area contributed by atoms with Gasteiger partial charge in [-0.05, 0) is 66.8 Å². The van der Waals surface area contributed by atoms with Crippen molar-refractivity contribution in [2.24, 2.45) is 0 Å². The van der Waals surface area contributed by atoms with Crippen LogP contribution in [0.15, 0.2) is 48.5 Å². The van der Waals surface area contributed by atoms with Crippen molar-refractivity contribution in [2.75, 3.05) is 13.2 Å². The van der Waals surface area contributed by atoms with Crippen LogP contribution in [0.25, 0.3) is 0 Å². The minimum absolute atomic E-state index is 0.156. The van der Waals surface area contributed by atoms with Crippen molar-refractivity contribution in [1.29, 1.82) is 0 Å². The van der Waals surface area contributed by atoms with E-state index in [1.54, 1.807) is 6.07 Å². The quantitative estimate of drug-likeness (QED) is 0.781. The van der Waals surface area contributed by atoms with Gasteiger partial charge in [-0.1, -0.05) is 36.4 Å². The van der Waals surface area contributed by atoms with Crippen molar-refractivity contribution in [1.82, 2.24) is 5.32 Å². The maximum absolute atomic E-state index is 12.8. The Balaban J connectivity index is 1.47. The van der Waals surface area contributed by atoms with E-state index in [0.29, 0.717) is 24.5 Å². The Bertz CT molecular complexity index is 888. The van der Waals surface area contributed by atoms with Crippen LogP contribution in [-0.4, -0.2) is 36.2 Å². The largest absolute Gasteiger partial charge is 0.480 e. The molecule has 2 N–H and O–H groups in total. The van der Waals surface area contributed by atoms with Crippen molar-refractivity contribution < 1.29 is 19.4 Å². The maximum atomic E-state index is 12.8. The molecule has 3 unspecified atom stereocenters. The van der Waals surface area contributed by atoms with Crippen molar-refractivity contribution in [3.05, 3.63) is 70.8 Å². The van der Waals surface area contributed by atoms with Crippen LogP contribution in [0.5, 0.6) is 0 Å². The molecule has 1 fully saturated rings. The van der Waals surface area contributed by atoms with Gasteiger partial charge in [-0.25, -0.2) is 4.79 Å². The first-order valence-corrected chi connectivity index (χ1v) is 10.4. The van der Waals surface area contributed by atoms with Gasteiger partial charge in [-0.3, -0.25) is 4.79 Å². The van der Waals surface area contributed by atoms with Gasteiger partial charge in [0.25, 0.3) is 5.91 Å². The molecule has 152 valence electrons. The van der Waals surface area contributed by atoms with Crippen LogP contribution in [0.2, 0.25) is 0 Å². The van der Waals surface area contributed by atoms with Crippen molar-refractivity contribution >= 4 is 11.9 Å². The Morgan fingerprint density at radius 1 is 1.14 bits per heavy atom. The van der Waals surface area contributed by atoms with Gasteiger partial charge in [0.15, 0.2) is 0 Å². The van der Waals surface area contributed by atoms with E-state index in [2.05, 4.69) is 17.4 Å². The topological polar surface area (TPSA) is 75.6 Å². The molecule has 2 aromatic carbocycles. The van der Waals surface area contributed by atoms with Gasteiger partial charge in [0, 0.05) is 18.1 Å². The van der Waals surface area contributed by atoms with Gasteiger partial charge in [0.05, 0.1) is 6.61 Å². The van der Waals surface area contributed by atoms with E-state index in [-0.39, 0.29) is 11.8 Å². The molecule has 2 aromatic rings. The predicted octanol–water partition coefficient (Wildman–Crippen LogP) is 3.88. The summed E-state index contributed by atoms with van der Waals surface area (Å²) < 4.78 is 5.44. The van der Waals surface area contributed by atoms with Crippen LogP contribution in [0.1, 0.15) is 64.6 Å². The van der Waals surface area contributed by atoms with E-state index in [1.165, 1.54) is 11.1 Å². The fourth-order valence-corrected chi connectivity index (χ4v) is 4.58. The number of fused-ring (bicyclic) bond motifs is 1. The molecule has 1 aliphatic carbocycles. The van der Waals surface area contributed by atoms with Gasteiger partial charge in [-0.15, -0.1) is 0 Å². The number of hydrogen-bond donors (Lipinski definition) is 2. The van der Waals surface area contributed by atoms with E-state index in [0.717, 1.165) is 37.9 Å². The highest BCUT2D eigenvalue weighted by molar-refractivity contribution is 5.96. The molecule has 0 radical (unpaired) electrons. The van der Waals surface area contributed by atoms with Gasteiger partial charge >= 0.3 is 5.97 Å². The smallest absolute Gasteiger partial charge is 0.326 e. The van der Waals surface area contributed by atoms with Crippen molar-refractivity contribution in [3.63, 3.8) is 0 Å². The van der Waals surface area contributed by atoms with Crippen LogP contribution in [0.3, 0.4) is 0 Å². The molecule has 0 spiro atoms. The number of carboxylic acid groups (broad SMARTS) is 1. The van der Waals surface area contributed by atoms with E-state index in [4.69, 9.17) is 4.74 Å². The first kappa shape index (κ1) is 19.6. The first-order chi connectivity index (χ1) is 14.1. The zero-order valence-corrected chi connectivity index (χ0v) is 16.5. The number of benzene rings is 2. The predicted molar refractivity (Wildman–Crippen MR) is 110 cm³/mol. The molecule has 1 heterocycles. The molecule has 29 heavy (non-hydrogen) atoms. The minimum atomic E-state index is -0.984. The lowest BCUT2D eigenvalue weighted by atomic mass is 9.79. The lowest BCUT2D eigenvalue weighted by Gasteiger charge is -2.28. The summed E-state index contributed by atoms with van der Waals surface area (Å²) in [5.41, 5.74) is 4.10. The molecule has 0 aromatic heterocycles. The molecule has 2 aliphatic rings. The number of nitrogens with one attached hydrogen (secondary N) is 1. The second-order valence-corrected chi connectivity index (χ2v) is 8.07. The molecule has 5 heteroatoms. The Labute approximate surface area is 171 Å². The van der Waals surface area contributed by atoms with Crippen LogP contribution >= 0.6 is 0 Å². The second-order valence-electron chi connectivity index (χ2n) is 8.07. The molecule has 1 amide bonds. The lowest BCUT2D eigenvalue weighted by molar-refractivity contribution is -0.139. The molecule has 0 saturated carbocycles. The highest BCUT2D eigenvalue weighted by Crippen LogP contribution is 2.34. The van der Waals surface area contributed by atoms with Gasteiger partial charge in [-0.2, -0.15) is 0 Å². The third-order valence-electron chi connectivity index (χ3n) is 6.17. The van der Waals surface area contributed by atoms with E-state index >= 15 is 0 Å². The third-order valence-corrected chi connectivity index (χ3v) is 6.17. The Morgan fingerprint density at radius 3 is 2.79 bits per heavy atom. The van der Waals surface area contributed by atoms with Crippen LogP contribution in [0, 0.1) is 0 Å². The van der Waals surface area contributed by atoms with E-state index in [1.807, 2.05) is 30.3 Å². The maximum Gasteiger partial charge on any atom is 0.326 e. The van der Waals surface area contributed by atoms with Gasteiger partial charge in [0.2, 0.25) is 0 Å². The summed E-state index contributed by atoms with van der Waals surface area (Å²) in [6.45, 7) is 1.41. The molecule has 1 saturated heterocycles. The molecule has 1 aliphatic heterocycles. The number of carbonyl (C=O) groups excluding carboxylic acids is 1. The highest BCUT2D eigenvalue weighted by atomic mass is 16.5. The summed E-state index contributed by atoms with van der Waals surface area (Å²) in [5, 5.41) is 12.5. The highest BCUT2D eigenvalue weighted by Gasteiger charge is 2.28. The standard InChI is InChI=1S/C24H27NO4/c26-23(19-9-4-7-17(13-19)20-11-12-29-15-20)25-22(24(27)28)14-18-8-3-6-16-5-1-2-10-21(16)18/h1-2,4-5,7,9-10,13,18,20,22H,3,6,8,11-12,14-15H2,(H,25,26)(H,27,28). The van der Waals surface area contributed by atoms with Gasteiger partial charge < -0.3 is 15.2 Å². The van der Waals surface area contributed by atoms with Crippen LogP contribution in [0.4, 0.5) is 0 Å². The van der Waals surface area contributed by atoms with Crippen LogP contribution in [-0.2, 0) is 16.0 Å². The summed E-state index contributed by atoms with van der Waals surface area (Å²) in [7, 11) is 0. The number of hydrogen-bond acceptors (Lipinski definition) is 3. The summed E-state index contributed by atoms with van der Waals surface area (Å²) in [6, 6.07) is 14.8. The summed E-state index contributed by atoms with van der Waals surface area (Å²) in [6.07, 6.45) is 4.40. The number of rotatable bonds is 6. The first-order valence-electron chi connectivity index (χ1n) is 10.4. The molecule has 3 atom stereocenters. The summed E-state index contributed by atoms with van der Waals surface area (Å²) in [5.74, 6) is -0.857. The van der Waals surface area contributed by atoms with E-state index in [9.17, 15) is 14.7 Å². The normalized spacial score (nSPS) is 21.9. The molecular formula is C24H27NO4. The Morgan fingerprint density at radius 2 is 2.00 bits per heavy atom. The second kappa shape index (κ2) is 8.78. The average Bonchev–Trinajstić information content (AvgIpc) is 3.28. The number of carboxylic acids is 1. The third kappa shape index (κ3) is 4.51. The van der Waals surface area contributed by atoms with Crippen molar-refractivity contribution in [2.45, 2.75) is 50.0 Å². The Kier molecular flexibility index (Phi) is 5.95. The summed E-state index contributed by atoms with van der Waals surface area (Å²) in [4.78, 5) is 24.7. The van der Waals surface area contributed by atoms with E-state index < -0.39 is 12.0 Å². The molecule has 0 bridgehead atoms. The van der Waals surface area contributed by atoms with Crippen LogP contribution < -0.4 is 5.32 Å². The fourth-order valence-electron chi connectivity index (χ4n) is 4.58. The molecule has 5 nitrogen and oxygen atoms in total. The molecule has 4 rings (SSSR count). The number of aryl methyl sites for hydroxylation is 1. The van der Waals surface area contributed by atoms with Crippen molar-refractivity contribution in [3.8, 4) is 0 Å². The summed E-state index contributed by atoms with van der Waals surface area (Å²) >= 11 is 0. The zero-order chi connectivity index (χ0) is 20.2. The fraction of sp³-hybridized carbons (Fsp3) is 0.417. The average molecular weight is 393 g/mol. The zero-order valence-electron chi connectivity index (χ0n) is 16.5. The number of amides is 1.